The molecular formula is C63H73BF2N2. The molecular weight excluding hydrogens is 834 g/mol. The molecule has 0 radical (unpaired) electrons. The van der Waals surface area contributed by atoms with Crippen LogP contribution in [0.15, 0.2) is 97.1 Å². The number of rotatable bonds is 4. The van der Waals surface area contributed by atoms with E-state index in [1.54, 1.807) is 6.07 Å². The molecule has 2 heterocycles. The lowest BCUT2D eigenvalue weighted by atomic mass is 9.33. The van der Waals surface area contributed by atoms with Gasteiger partial charge in [-0.15, -0.1) is 0 Å². The van der Waals surface area contributed by atoms with Gasteiger partial charge < -0.3 is 9.80 Å². The molecule has 0 aromatic heterocycles. The second-order valence-electron chi connectivity index (χ2n) is 26.1. The SMILES string of the molecule is CC(C)c1cc2c3c(c1)N(c1ccc(C(C)(C)C)cc1-c1ccc(F)cc1F)c1ccc(C(C)(C)C)cc1B3c1cc3c(cc1N2c1ccc2c(c1)C(C)(C)CCC2(C)C)C(C)(C)CCC3(C)C. The largest absolute Gasteiger partial charge is 0.311 e. The Morgan fingerprint density at radius 1 is 0.471 bits per heavy atom. The topological polar surface area (TPSA) is 6.48 Å². The van der Waals surface area contributed by atoms with Crippen molar-refractivity contribution in [2.45, 2.75) is 175 Å². The standard InChI is InChI=1S/C63H73BF2N2/c1-37(2)38-29-55-57-56(30-38)68(52-23-17-39(58(3,4)5)31-44(52)43-21-19-41(65)33-51(43)66)53-24-18-40(59(6,7)8)32-49(53)64(57)50-35-47-48(63(15,16)28-27-62(47,13)14)36-54(50)67(55)42-20-22-45-46(34-42)61(11,12)26-25-60(45,9)10/h17-24,29-37H,25-28H2,1-16H3. The second kappa shape index (κ2) is 15.2. The highest BCUT2D eigenvalue weighted by molar-refractivity contribution is 7.00. The van der Waals surface area contributed by atoms with Crippen LogP contribution in [0.4, 0.5) is 42.9 Å². The Kier molecular flexibility index (Phi) is 10.4. The highest BCUT2D eigenvalue weighted by atomic mass is 19.1. The van der Waals surface area contributed by atoms with Gasteiger partial charge in [0.15, 0.2) is 0 Å². The number of halogens is 2. The molecule has 10 rings (SSSR count). The fourth-order valence-corrected chi connectivity index (χ4v) is 12.3. The highest BCUT2D eigenvalue weighted by Crippen LogP contribution is 2.54. The van der Waals surface area contributed by atoms with Gasteiger partial charge in [0.1, 0.15) is 11.6 Å². The van der Waals surface area contributed by atoms with E-state index >= 15 is 4.39 Å². The van der Waals surface area contributed by atoms with Gasteiger partial charge in [-0.05, 0) is 180 Å². The van der Waals surface area contributed by atoms with Crippen molar-refractivity contribution in [3.05, 3.63) is 148 Å². The molecule has 0 bridgehead atoms. The third-order valence-corrected chi connectivity index (χ3v) is 17.0. The molecule has 0 saturated heterocycles. The van der Waals surface area contributed by atoms with Crippen LogP contribution in [0.1, 0.15) is 181 Å². The van der Waals surface area contributed by atoms with Gasteiger partial charge in [-0.25, -0.2) is 8.78 Å². The first-order valence-electron chi connectivity index (χ1n) is 25.5. The van der Waals surface area contributed by atoms with Gasteiger partial charge >= 0.3 is 0 Å². The predicted octanol–water partition coefficient (Wildman–Crippen LogP) is 16.1. The molecule has 0 unspecified atom stereocenters. The average Bonchev–Trinajstić information content (AvgIpc) is 3.25. The predicted molar refractivity (Wildman–Crippen MR) is 288 cm³/mol. The first-order valence-corrected chi connectivity index (χ1v) is 25.5. The van der Waals surface area contributed by atoms with Crippen LogP contribution >= 0.6 is 0 Å². The lowest BCUT2D eigenvalue weighted by molar-refractivity contribution is 0.332. The summed E-state index contributed by atoms with van der Waals surface area (Å²) in [6.45, 7) is 37.5. The van der Waals surface area contributed by atoms with Crippen LogP contribution in [0.2, 0.25) is 0 Å². The Morgan fingerprint density at radius 3 is 1.56 bits per heavy atom. The maximum Gasteiger partial charge on any atom is 0.252 e. The van der Waals surface area contributed by atoms with Crippen molar-refractivity contribution < 1.29 is 8.78 Å². The lowest BCUT2D eigenvalue weighted by Crippen LogP contribution is -2.62. The number of hydrogen-bond acceptors (Lipinski definition) is 2. The summed E-state index contributed by atoms with van der Waals surface area (Å²) in [5, 5.41) is 0. The number of benzene rings is 6. The van der Waals surface area contributed by atoms with E-state index in [9.17, 15) is 4.39 Å². The molecule has 5 heteroatoms. The van der Waals surface area contributed by atoms with E-state index in [-0.39, 0.29) is 45.1 Å². The van der Waals surface area contributed by atoms with E-state index in [0.717, 1.165) is 59.9 Å². The molecule has 0 atom stereocenters. The number of hydrogen-bond donors (Lipinski definition) is 0. The molecule has 6 aromatic carbocycles. The molecule has 68 heavy (non-hydrogen) atoms. The summed E-state index contributed by atoms with van der Waals surface area (Å²) in [4.78, 5) is 5.06. The molecule has 6 aromatic rings. The van der Waals surface area contributed by atoms with E-state index < -0.39 is 11.6 Å². The third-order valence-electron chi connectivity index (χ3n) is 17.0. The highest BCUT2D eigenvalue weighted by Gasteiger charge is 2.48. The Morgan fingerprint density at radius 2 is 0.985 bits per heavy atom. The van der Waals surface area contributed by atoms with Crippen LogP contribution in [-0.4, -0.2) is 6.71 Å². The van der Waals surface area contributed by atoms with Gasteiger partial charge in [-0.1, -0.05) is 141 Å². The number of anilines is 6. The van der Waals surface area contributed by atoms with E-state index in [0.29, 0.717) is 5.56 Å². The zero-order valence-electron chi connectivity index (χ0n) is 43.9. The van der Waals surface area contributed by atoms with Gasteiger partial charge in [0.05, 0.1) is 5.69 Å². The summed E-state index contributed by atoms with van der Waals surface area (Å²) in [5.41, 5.74) is 20.9. The van der Waals surface area contributed by atoms with Crippen molar-refractivity contribution in [2.24, 2.45) is 0 Å². The molecule has 2 nitrogen and oxygen atoms in total. The Balaban J connectivity index is 1.37. The average molecular weight is 907 g/mol. The maximum absolute atomic E-state index is 16.5. The molecule has 0 spiro atoms. The van der Waals surface area contributed by atoms with Gasteiger partial charge in [-0.2, -0.15) is 0 Å². The zero-order valence-corrected chi connectivity index (χ0v) is 43.9. The third kappa shape index (κ3) is 7.29. The number of nitrogens with zero attached hydrogens (tertiary/aromatic N) is 2. The van der Waals surface area contributed by atoms with Crippen LogP contribution in [0, 0.1) is 11.6 Å². The Hall–Kier alpha value is -5.16. The fourth-order valence-electron chi connectivity index (χ4n) is 12.3. The van der Waals surface area contributed by atoms with Crippen molar-refractivity contribution in [1.29, 1.82) is 0 Å². The molecule has 2 aliphatic heterocycles. The molecule has 2 aliphatic carbocycles. The second-order valence-corrected chi connectivity index (χ2v) is 26.1. The van der Waals surface area contributed by atoms with Crippen molar-refractivity contribution in [3.63, 3.8) is 0 Å². The van der Waals surface area contributed by atoms with Crippen molar-refractivity contribution in [2.75, 3.05) is 9.80 Å². The number of fused-ring (bicyclic) bond motifs is 6. The van der Waals surface area contributed by atoms with E-state index in [4.69, 9.17) is 0 Å². The normalized spacial score (nSPS) is 18.4. The van der Waals surface area contributed by atoms with Gasteiger partial charge in [0.25, 0.3) is 6.71 Å². The summed E-state index contributed by atoms with van der Waals surface area (Å²) < 4.78 is 31.2. The summed E-state index contributed by atoms with van der Waals surface area (Å²) in [5.74, 6) is -0.933. The molecule has 0 saturated carbocycles. The lowest BCUT2D eigenvalue weighted by Gasteiger charge is -2.48. The van der Waals surface area contributed by atoms with Gasteiger partial charge in [-0.3, -0.25) is 0 Å². The van der Waals surface area contributed by atoms with Gasteiger partial charge in [0.2, 0.25) is 0 Å². The summed E-state index contributed by atoms with van der Waals surface area (Å²) >= 11 is 0. The minimum atomic E-state index is -0.582. The van der Waals surface area contributed by atoms with E-state index in [1.165, 1.54) is 72.9 Å². The first-order chi connectivity index (χ1) is 31.6. The molecule has 0 amide bonds. The van der Waals surface area contributed by atoms with Crippen LogP contribution in [0.25, 0.3) is 11.1 Å². The fraction of sp³-hybridized carbons (Fsp3) is 0.429. The summed E-state index contributed by atoms with van der Waals surface area (Å²) in [6.07, 6.45) is 4.55. The molecule has 0 N–H and O–H groups in total. The summed E-state index contributed by atoms with van der Waals surface area (Å²) in [7, 11) is 0. The molecule has 4 aliphatic rings. The maximum atomic E-state index is 16.5. The van der Waals surface area contributed by atoms with Crippen molar-refractivity contribution in [3.8, 4) is 11.1 Å². The minimum absolute atomic E-state index is 0.00350. The smallest absolute Gasteiger partial charge is 0.252 e. The first kappa shape index (κ1) is 46.6. The summed E-state index contributed by atoms with van der Waals surface area (Å²) in [6, 6.07) is 35.2. The van der Waals surface area contributed by atoms with Crippen molar-refractivity contribution >= 4 is 57.2 Å². The van der Waals surface area contributed by atoms with Crippen LogP contribution < -0.4 is 26.2 Å². The Bertz CT molecular complexity index is 3060. The molecule has 352 valence electrons. The van der Waals surface area contributed by atoms with E-state index in [2.05, 4.69) is 199 Å². The Labute approximate surface area is 407 Å². The van der Waals surface area contributed by atoms with Crippen molar-refractivity contribution in [1.82, 2.24) is 0 Å². The van der Waals surface area contributed by atoms with Crippen LogP contribution in [0.3, 0.4) is 0 Å². The molecule has 0 fully saturated rings. The van der Waals surface area contributed by atoms with Gasteiger partial charge in [0, 0.05) is 45.6 Å². The monoisotopic (exact) mass is 907 g/mol. The van der Waals surface area contributed by atoms with E-state index in [1.807, 2.05) is 0 Å². The van der Waals surface area contributed by atoms with Crippen LogP contribution in [-0.2, 0) is 32.5 Å². The van der Waals surface area contributed by atoms with Crippen LogP contribution in [0.5, 0.6) is 0 Å². The zero-order chi connectivity index (χ0) is 49.0. The minimum Gasteiger partial charge on any atom is -0.311 e. The quantitative estimate of drug-likeness (QED) is 0.162.